The first-order valence-electron chi connectivity index (χ1n) is 5.45. The molecule has 18 heavy (non-hydrogen) atoms. The van der Waals surface area contributed by atoms with E-state index in [1.165, 1.54) is 0 Å². The molecule has 0 spiro atoms. The van der Waals surface area contributed by atoms with Gasteiger partial charge in [-0.25, -0.2) is 5.84 Å². The molecular weight excluding hydrogens is 238 g/mol. The van der Waals surface area contributed by atoms with Crippen molar-refractivity contribution >= 4 is 17.8 Å². The SMILES string of the molecule is CCOc1nc(NN)nc(NC(C)CC(N)=O)n1. The number of hydrogen-bond donors (Lipinski definition) is 4. The quantitative estimate of drug-likeness (QED) is 0.367. The van der Waals surface area contributed by atoms with Crippen LogP contribution in [0, 0.1) is 0 Å². The number of anilines is 2. The zero-order chi connectivity index (χ0) is 13.5. The molecule has 0 bridgehead atoms. The largest absolute Gasteiger partial charge is 0.464 e. The molecule has 1 amide bonds. The number of ether oxygens (including phenoxy) is 1. The van der Waals surface area contributed by atoms with Gasteiger partial charge in [-0.15, -0.1) is 0 Å². The average molecular weight is 255 g/mol. The van der Waals surface area contributed by atoms with E-state index in [9.17, 15) is 4.79 Å². The summed E-state index contributed by atoms with van der Waals surface area (Å²) >= 11 is 0. The molecule has 1 aromatic rings. The highest BCUT2D eigenvalue weighted by atomic mass is 16.5. The van der Waals surface area contributed by atoms with Gasteiger partial charge in [-0.1, -0.05) is 0 Å². The summed E-state index contributed by atoms with van der Waals surface area (Å²) in [5.74, 6) is 5.25. The average Bonchev–Trinajstić information content (AvgIpc) is 2.27. The molecule has 9 nitrogen and oxygen atoms in total. The molecule has 1 aromatic heterocycles. The third-order valence-corrected chi connectivity index (χ3v) is 1.90. The Hall–Kier alpha value is -2.16. The third kappa shape index (κ3) is 4.37. The molecule has 6 N–H and O–H groups in total. The number of aromatic nitrogens is 3. The number of rotatable bonds is 7. The molecular formula is C9H17N7O2. The molecule has 0 fully saturated rings. The summed E-state index contributed by atoms with van der Waals surface area (Å²) in [5.41, 5.74) is 7.40. The third-order valence-electron chi connectivity index (χ3n) is 1.90. The Morgan fingerprint density at radius 1 is 1.39 bits per heavy atom. The van der Waals surface area contributed by atoms with Crippen LogP contribution in [0.5, 0.6) is 6.01 Å². The zero-order valence-corrected chi connectivity index (χ0v) is 10.3. The van der Waals surface area contributed by atoms with Gasteiger partial charge in [0.15, 0.2) is 0 Å². The number of carbonyl (C=O) groups excluding carboxylic acids is 1. The minimum absolute atomic E-state index is 0.147. The van der Waals surface area contributed by atoms with E-state index in [1.807, 2.05) is 6.92 Å². The lowest BCUT2D eigenvalue weighted by Crippen LogP contribution is -2.25. The number of amides is 1. The second kappa shape index (κ2) is 6.55. The van der Waals surface area contributed by atoms with Crippen molar-refractivity contribution in [2.24, 2.45) is 11.6 Å². The fraction of sp³-hybridized carbons (Fsp3) is 0.556. The van der Waals surface area contributed by atoms with Gasteiger partial charge in [-0.05, 0) is 13.8 Å². The van der Waals surface area contributed by atoms with Crippen LogP contribution < -0.4 is 27.1 Å². The summed E-state index contributed by atoms with van der Waals surface area (Å²) in [6, 6.07) is -0.0563. The standard InChI is InChI=1S/C9H17N7O2/c1-3-18-9-14-7(13-8(15-9)16-11)12-5(2)4-6(10)17/h5H,3-4,11H2,1-2H3,(H2,10,17)(H2,12,13,14,15,16). The zero-order valence-electron chi connectivity index (χ0n) is 10.3. The maximum atomic E-state index is 10.8. The van der Waals surface area contributed by atoms with Crippen LogP contribution in [0.25, 0.3) is 0 Å². The predicted molar refractivity (Wildman–Crippen MR) is 65.7 cm³/mol. The summed E-state index contributed by atoms with van der Waals surface area (Å²) < 4.78 is 5.16. The number of hydrogen-bond acceptors (Lipinski definition) is 8. The molecule has 1 heterocycles. The number of nitrogens with two attached hydrogens (primary N) is 2. The van der Waals surface area contributed by atoms with Gasteiger partial charge in [0.1, 0.15) is 0 Å². The molecule has 1 rings (SSSR count). The summed E-state index contributed by atoms with van der Waals surface area (Å²) in [6.45, 7) is 4.01. The molecule has 0 saturated carbocycles. The van der Waals surface area contributed by atoms with Crippen LogP contribution in [0.2, 0.25) is 0 Å². The van der Waals surface area contributed by atoms with Crippen molar-refractivity contribution in [3.63, 3.8) is 0 Å². The van der Waals surface area contributed by atoms with Crippen LogP contribution >= 0.6 is 0 Å². The summed E-state index contributed by atoms with van der Waals surface area (Å²) in [7, 11) is 0. The Morgan fingerprint density at radius 3 is 2.61 bits per heavy atom. The van der Waals surface area contributed by atoms with Crippen LogP contribution in [-0.4, -0.2) is 33.5 Å². The van der Waals surface area contributed by atoms with Crippen LogP contribution in [0.15, 0.2) is 0 Å². The maximum Gasteiger partial charge on any atom is 0.323 e. The molecule has 0 aliphatic carbocycles. The predicted octanol–water partition coefficient (Wildman–Crippen LogP) is -0.768. The summed E-state index contributed by atoms with van der Waals surface area (Å²) in [6.07, 6.45) is 0.168. The van der Waals surface area contributed by atoms with Gasteiger partial charge in [-0.2, -0.15) is 15.0 Å². The minimum Gasteiger partial charge on any atom is -0.464 e. The molecule has 0 aliphatic rings. The molecule has 100 valence electrons. The number of nitrogen functional groups attached to an aromatic ring is 1. The molecule has 9 heteroatoms. The van der Waals surface area contributed by atoms with Gasteiger partial charge < -0.3 is 15.8 Å². The van der Waals surface area contributed by atoms with Crippen molar-refractivity contribution in [1.82, 2.24) is 15.0 Å². The minimum atomic E-state index is -0.411. The Morgan fingerprint density at radius 2 is 2.06 bits per heavy atom. The van der Waals surface area contributed by atoms with Crippen molar-refractivity contribution in [1.29, 1.82) is 0 Å². The van der Waals surface area contributed by atoms with Gasteiger partial charge in [0.05, 0.1) is 6.61 Å². The van der Waals surface area contributed by atoms with E-state index in [0.717, 1.165) is 0 Å². The summed E-state index contributed by atoms with van der Waals surface area (Å²) in [5, 5.41) is 2.91. The fourth-order valence-corrected chi connectivity index (χ4v) is 1.25. The van der Waals surface area contributed by atoms with Crippen LogP contribution in [0.1, 0.15) is 20.3 Å². The van der Waals surface area contributed by atoms with E-state index < -0.39 is 5.91 Å². The van der Waals surface area contributed by atoms with Gasteiger partial charge in [0.25, 0.3) is 0 Å². The Labute approximate surface area is 104 Å². The Balaban J connectivity index is 2.80. The molecule has 1 unspecified atom stereocenters. The number of nitrogens with one attached hydrogen (secondary N) is 2. The van der Waals surface area contributed by atoms with Gasteiger partial charge in [0, 0.05) is 12.5 Å². The number of carbonyl (C=O) groups is 1. The molecule has 0 radical (unpaired) electrons. The van der Waals surface area contributed by atoms with Crippen LogP contribution in [-0.2, 0) is 4.79 Å². The molecule has 1 atom stereocenters. The molecule has 0 saturated heterocycles. The first kappa shape index (κ1) is 13.9. The van der Waals surface area contributed by atoms with Crippen molar-refractivity contribution < 1.29 is 9.53 Å². The van der Waals surface area contributed by atoms with Crippen molar-refractivity contribution in [3.8, 4) is 6.01 Å². The fourth-order valence-electron chi connectivity index (χ4n) is 1.25. The topological polar surface area (TPSA) is 141 Å². The van der Waals surface area contributed by atoms with E-state index >= 15 is 0 Å². The normalized spacial score (nSPS) is 11.7. The second-order valence-electron chi connectivity index (χ2n) is 3.56. The molecule has 0 aromatic carbocycles. The monoisotopic (exact) mass is 255 g/mol. The molecule has 0 aliphatic heterocycles. The van der Waals surface area contributed by atoms with Crippen LogP contribution in [0.3, 0.4) is 0 Å². The van der Waals surface area contributed by atoms with Crippen LogP contribution in [0.4, 0.5) is 11.9 Å². The highest BCUT2D eigenvalue weighted by Gasteiger charge is 2.11. The van der Waals surface area contributed by atoms with E-state index in [1.54, 1.807) is 6.92 Å². The maximum absolute atomic E-state index is 10.8. The Kier molecular flexibility index (Phi) is 5.06. The summed E-state index contributed by atoms with van der Waals surface area (Å²) in [4.78, 5) is 22.7. The van der Waals surface area contributed by atoms with E-state index in [2.05, 4.69) is 25.7 Å². The lowest BCUT2D eigenvalue weighted by molar-refractivity contribution is -0.118. The number of hydrazine groups is 1. The smallest absolute Gasteiger partial charge is 0.323 e. The van der Waals surface area contributed by atoms with Crippen molar-refractivity contribution in [3.05, 3.63) is 0 Å². The van der Waals surface area contributed by atoms with E-state index in [4.69, 9.17) is 16.3 Å². The Bertz CT molecular complexity index is 412. The van der Waals surface area contributed by atoms with Gasteiger partial charge in [-0.3, -0.25) is 10.2 Å². The lowest BCUT2D eigenvalue weighted by atomic mass is 10.2. The van der Waals surface area contributed by atoms with Gasteiger partial charge in [0.2, 0.25) is 17.8 Å². The first-order valence-corrected chi connectivity index (χ1v) is 5.45. The number of nitrogens with zero attached hydrogens (tertiary/aromatic N) is 3. The second-order valence-corrected chi connectivity index (χ2v) is 3.56. The van der Waals surface area contributed by atoms with Gasteiger partial charge >= 0.3 is 6.01 Å². The van der Waals surface area contributed by atoms with Crippen molar-refractivity contribution in [2.75, 3.05) is 17.3 Å². The highest BCUT2D eigenvalue weighted by molar-refractivity contribution is 5.74. The number of primary amides is 1. The highest BCUT2D eigenvalue weighted by Crippen LogP contribution is 2.11. The van der Waals surface area contributed by atoms with E-state index in [-0.39, 0.29) is 30.4 Å². The van der Waals surface area contributed by atoms with E-state index in [0.29, 0.717) is 6.61 Å². The van der Waals surface area contributed by atoms with Crippen molar-refractivity contribution in [2.45, 2.75) is 26.3 Å². The first-order chi connectivity index (χ1) is 8.55. The lowest BCUT2D eigenvalue weighted by Gasteiger charge is -2.13.